The first kappa shape index (κ1) is 19.9. The topological polar surface area (TPSA) is 119 Å². The molecule has 1 saturated heterocycles. The summed E-state index contributed by atoms with van der Waals surface area (Å²) in [7, 11) is 1.82. The number of hydrogen-bond donors (Lipinski definition) is 3. The minimum absolute atomic E-state index is 0.222. The molecule has 2 saturated carbocycles. The van der Waals surface area contributed by atoms with Crippen molar-refractivity contribution in [3.05, 3.63) is 42.4 Å². The lowest BCUT2D eigenvalue weighted by atomic mass is 9.89. The second kappa shape index (κ2) is 7.25. The Labute approximate surface area is 195 Å². The molecule has 3 aliphatic rings. The van der Waals surface area contributed by atoms with Gasteiger partial charge in [-0.05, 0) is 25.0 Å². The molecule has 0 radical (unpaired) electrons. The van der Waals surface area contributed by atoms with Crippen molar-refractivity contribution in [3.63, 3.8) is 0 Å². The third kappa shape index (κ3) is 2.82. The normalized spacial score (nSPS) is 27.5. The Bertz CT molecular complexity index is 1430. The summed E-state index contributed by atoms with van der Waals surface area (Å²) >= 11 is 0. The molecule has 0 bridgehead atoms. The summed E-state index contributed by atoms with van der Waals surface area (Å²) in [5.41, 5.74) is 3.50. The van der Waals surface area contributed by atoms with Crippen molar-refractivity contribution in [2.75, 3.05) is 25.6 Å². The van der Waals surface area contributed by atoms with Gasteiger partial charge in [0.15, 0.2) is 5.65 Å². The monoisotopic (exact) mass is 459 g/mol. The van der Waals surface area contributed by atoms with Gasteiger partial charge in [-0.3, -0.25) is 4.79 Å². The lowest BCUT2D eigenvalue weighted by Gasteiger charge is -2.32. The van der Waals surface area contributed by atoms with Crippen LogP contribution in [0.2, 0.25) is 0 Å². The molecule has 174 valence electrons. The number of aliphatic hydroxyl groups is 1. The third-order valence-corrected chi connectivity index (χ3v) is 7.62. The average Bonchev–Trinajstić information content (AvgIpc) is 3.28. The van der Waals surface area contributed by atoms with Gasteiger partial charge in [0, 0.05) is 54.3 Å². The van der Waals surface area contributed by atoms with E-state index in [0.717, 1.165) is 47.7 Å². The molecule has 2 aliphatic carbocycles. The fraction of sp³-hybridized carbons (Fsp3) is 0.417. The van der Waals surface area contributed by atoms with Crippen molar-refractivity contribution >= 4 is 28.4 Å². The van der Waals surface area contributed by atoms with Crippen LogP contribution in [0.4, 0.5) is 5.82 Å². The maximum absolute atomic E-state index is 13.0. The van der Waals surface area contributed by atoms with Crippen LogP contribution in [0.3, 0.4) is 0 Å². The number of carbonyl (C=O) groups is 1. The first-order valence-corrected chi connectivity index (χ1v) is 11.7. The molecule has 10 nitrogen and oxygen atoms in total. The number of nitrogens with one attached hydrogen (secondary N) is 2. The highest BCUT2D eigenvalue weighted by Crippen LogP contribution is 2.55. The quantitative estimate of drug-likeness (QED) is 0.417. The Morgan fingerprint density at radius 1 is 1.24 bits per heavy atom. The fourth-order valence-electron chi connectivity index (χ4n) is 5.47. The van der Waals surface area contributed by atoms with Gasteiger partial charge in [0.1, 0.15) is 17.0 Å². The van der Waals surface area contributed by atoms with Gasteiger partial charge in [-0.15, -0.1) is 0 Å². The first-order valence-electron chi connectivity index (χ1n) is 11.7. The molecule has 7 rings (SSSR count). The number of hydrogen-bond acceptors (Lipinski definition) is 7. The molecule has 1 amide bonds. The van der Waals surface area contributed by atoms with Crippen LogP contribution >= 0.6 is 0 Å². The molecular weight excluding hydrogens is 434 g/mol. The van der Waals surface area contributed by atoms with Gasteiger partial charge in [-0.1, -0.05) is 0 Å². The smallest absolute Gasteiger partial charge is 0.257 e. The number of carbonyl (C=O) groups excluding carboxylic acids is 1. The second-order valence-electron chi connectivity index (χ2n) is 9.48. The SMILES string of the molecule is CNc1cc(-c2cn(C3[C@H]4COC[C@@H]34)c3ncccc23)nc2c(C(=O)N[C@@H]3CC[C@H]3O)cnn12. The minimum Gasteiger partial charge on any atom is -0.391 e. The maximum Gasteiger partial charge on any atom is 0.257 e. The molecule has 3 fully saturated rings. The van der Waals surface area contributed by atoms with Gasteiger partial charge in [0.05, 0.1) is 37.3 Å². The number of aromatic nitrogens is 5. The van der Waals surface area contributed by atoms with Crippen LogP contribution in [-0.2, 0) is 4.74 Å². The summed E-state index contributed by atoms with van der Waals surface area (Å²) in [4.78, 5) is 22.6. The largest absolute Gasteiger partial charge is 0.391 e. The van der Waals surface area contributed by atoms with Crippen molar-refractivity contribution < 1.29 is 14.6 Å². The number of rotatable bonds is 5. The minimum atomic E-state index is -0.492. The Balaban J connectivity index is 1.34. The highest BCUT2D eigenvalue weighted by Gasteiger charge is 2.55. The number of amides is 1. The molecular formula is C24H25N7O3. The van der Waals surface area contributed by atoms with Crippen LogP contribution in [-0.4, -0.2) is 67.6 Å². The summed E-state index contributed by atoms with van der Waals surface area (Å²) in [6.07, 6.45) is 6.48. The molecule has 5 heterocycles. The summed E-state index contributed by atoms with van der Waals surface area (Å²) < 4.78 is 9.50. The second-order valence-corrected chi connectivity index (χ2v) is 9.48. The van der Waals surface area contributed by atoms with E-state index < -0.39 is 6.10 Å². The molecule has 0 aromatic carbocycles. The highest BCUT2D eigenvalue weighted by atomic mass is 16.5. The van der Waals surface area contributed by atoms with E-state index in [1.165, 1.54) is 6.20 Å². The summed E-state index contributed by atoms with van der Waals surface area (Å²) in [6.45, 7) is 1.60. The van der Waals surface area contributed by atoms with Crippen molar-refractivity contribution in [3.8, 4) is 11.3 Å². The maximum atomic E-state index is 13.0. The van der Waals surface area contributed by atoms with E-state index in [9.17, 15) is 9.90 Å². The summed E-state index contributed by atoms with van der Waals surface area (Å²) in [5.74, 6) is 1.53. The molecule has 3 N–H and O–H groups in total. The zero-order valence-corrected chi connectivity index (χ0v) is 18.7. The predicted octanol–water partition coefficient (Wildman–Crippen LogP) is 1.86. The highest BCUT2D eigenvalue weighted by molar-refractivity contribution is 6.01. The summed E-state index contributed by atoms with van der Waals surface area (Å²) in [5, 5.41) is 21.4. The van der Waals surface area contributed by atoms with Crippen LogP contribution in [0.5, 0.6) is 0 Å². The fourth-order valence-corrected chi connectivity index (χ4v) is 5.47. The molecule has 0 spiro atoms. The van der Waals surface area contributed by atoms with Crippen molar-refractivity contribution in [1.82, 2.24) is 29.5 Å². The van der Waals surface area contributed by atoms with E-state index in [-0.39, 0.29) is 11.9 Å². The average molecular weight is 460 g/mol. The number of aliphatic hydroxyl groups excluding tert-OH is 1. The van der Waals surface area contributed by atoms with E-state index >= 15 is 0 Å². The van der Waals surface area contributed by atoms with Crippen LogP contribution in [0.25, 0.3) is 27.9 Å². The Morgan fingerprint density at radius 3 is 2.82 bits per heavy atom. The van der Waals surface area contributed by atoms with Crippen LogP contribution in [0, 0.1) is 11.8 Å². The van der Waals surface area contributed by atoms with Gasteiger partial charge in [-0.2, -0.15) is 9.61 Å². The van der Waals surface area contributed by atoms with Crippen molar-refractivity contribution in [1.29, 1.82) is 0 Å². The predicted molar refractivity (Wildman–Crippen MR) is 125 cm³/mol. The third-order valence-electron chi connectivity index (χ3n) is 7.62. The number of ether oxygens (including phenoxy) is 1. The molecule has 10 heteroatoms. The van der Waals surface area contributed by atoms with E-state index in [4.69, 9.17) is 9.72 Å². The van der Waals surface area contributed by atoms with Gasteiger partial charge < -0.3 is 25.0 Å². The van der Waals surface area contributed by atoms with Gasteiger partial charge in [0.2, 0.25) is 0 Å². The molecule has 4 aromatic heterocycles. The molecule has 4 aromatic rings. The number of nitrogens with zero attached hydrogens (tertiary/aromatic N) is 5. The lowest BCUT2D eigenvalue weighted by Crippen LogP contribution is -2.50. The molecule has 1 aliphatic heterocycles. The Morgan fingerprint density at radius 2 is 2.09 bits per heavy atom. The van der Waals surface area contributed by atoms with Gasteiger partial charge >= 0.3 is 0 Å². The zero-order chi connectivity index (χ0) is 23.0. The Hall–Kier alpha value is -3.50. The van der Waals surface area contributed by atoms with E-state index in [1.807, 2.05) is 25.4 Å². The number of fused-ring (bicyclic) bond motifs is 3. The van der Waals surface area contributed by atoms with E-state index in [0.29, 0.717) is 35.5 Å². The van der Waals surface area contributed by atoms with Crippen LogP contribution < -0.4 is 10.6 Å². The van der Waals surface area contributed by atoms with Gasteiger partial charge in [0.25, 0.3) is 5.91 Å². The van der Waals surface area contributed by atoms with Crippen LogP contribution in [0.15, 0.2) is 36.8 Å². The number of anilines is 1. The zero-order valence-electron chi connectivity index (χ0n) is 18.7. The molecule has 5 atom stereocenters. The lowest BCUT2D eigenvalue weighted by molar-refractivity contribution is 0.0448. The van der Waals surface area contributed by atoms with E-state index in [1.54, 1.807) is 4.52 Å². The van der Waals surface area contributed by atoms with Crippen molar-refractivity contribution in [2.24, 2.45) is 11.8 Å². The molecule has 34 heavy (non-hydrogen) atoms. The standard InChI is InChI=1S/C24H25N7O3/c1-25-20-7-18(28-23-13(8-27-31(20)23)24(33)29-17-4-5-19(17)32)14-9-30(21-15-10-34-11-16(15)21)22-12(14)3-2-6-26-22/h2-3,6-9,15-17,19,21,25,32H,4-5,10-11H2,1H3,(H,29,33)/t15-,16+,17-,19-,21?/m1/s1. The van der Waals surface area contributed by atoms with E-state index in [2.05, 4.69) is 37.5 Å². The number of pyridine rings is 1. The first-order chi connectivity index (χ1) is 16.6. The van der Waals surface area contributed by atoms with Gasteiger partial charge in [-0.25, -0.2) is 9.97 Å². The van der Waals surface area contributed by atoms with Crippen molar-refractivity contribution in [2.45, 2.75) is 31.0 Å². The Kier molecular flexibility index (Phi) is 4.25. The summed E-state index contributed by atoms with van der Waals surface area (Å²) in [6, 6.07) is 6.13. The van der Waals surface area contributed by atoms with Crippen LogP contribution in [0.1, 0.15) is 29.2 Å². The molecule has 1 unspecified atom stereocenters.